The van der Waals surface area contributed by atoms with Gasteiger partial charge < -0.3 is 0 Å². The van der Waals surface area contributed by atoms with Gasteiger partial charge in [0.25, 0.3) is 0 Å². The fourth-order valence-corrected chi connectivity index (χ4v) is 2.92. The van der Waals surface area contributed by atoms with Crippen LogP contribution in [0.3, 0.4) is 0 Å². The minimum absolute atomic E-state index is 0.0380. The summed E-state index contributed by atoms with van der Waals surface area (Å²) in [6.07, 6.45) is 0.256. The summed E-state index contributed by atoms with van der Waals surface area (Å²) in [7, 11) is 0. The van der Waals surface area contributed by atoms with E-state index < -0.39 is 22.9 Å². The van der Waals surface area contributed by atoms with E-state index >= 15 is 0 Å². The molecule has 1 aliphatic rings. The Morgan fingerprint density at radius 1 is 1.16 bits per heavy atom. The van der Waals surface area contributed by atoms with Gasteiger partial charge in [0.1, 0.15) is 11.6 Å². The summed E-state index contributed by atoms with van der Waals surface area (Å²) >= 11 is 6.15. The summed E-state index contributed by atoms with van der Waals surface area (Å²) in [4.78, 5) is 0. The molecule has 0 bridgehead atoms. The van der Waals surface area contributed by atoms with E-state index in [1.54, 1.807) is 0 Å². The summed E-state index contributed by atoms with van der Waals surface area (Å²) in [5, 5.41) is -0.512. The summed E-state index contributed by atoms with van der Waals surface area (Å²) in [5.74, 6) is -3.99. The summed E-state index contributed by atoms with van der Waals surface area (Å²) < 4.78 is 53.0. The molecule has 1 aromatic rings. The molecule has 0 saturated heterocycles. The third kappa shape index (κ3) is 3.62. The maximum atomic E-state index is 13.5. The van der Waals surface area contributed by atoms with Gasteiger partial charge in [-0.15, -0.1) is 11.6 Å². The fourth-order valence-electron chi connectivity index (χ4n) is 2.51. The van der Waals surface area contributed by atoms with Crippen molar-refractivity contribution >= 4 is 11.6 Å². The summed E-state index contributed by atoms with van der Waals surface area (Å²) in [6.45, 7) is 0. The van der Waals surface area contributed by atoms with E-state index in [-0.39, 0.29) is 30.7 Å². The molecule has 0 N–H and O–H groups in total. The van der Waals surface area contributed by atoms with Gasteiger partial charge in [-0.3, -0.25) is 0 Å². The van der Waals surface area contributed by atoms with E-state index in [4.69, 9.17) is 11.6 Å². The van der Waals surface area contributed by atoms with Gasteiger partial charge in [0.05, 0.1) is 0 Å². The van der Waals surface area contributed by atoms with Crippen LogP contribution in [0.2, 0.25) is 0 Å². The van der Waals surface area contributed by atoms with E-state index in [1.807, 2.05) is 0 Å². The van der Waals surface area contributed by atoms with E-state index in [2.05, 4.69) is 0 Å². The Morgan fingerprint density at radius 2 is 1.68 bits per heavy atom. The predicted octanol–water partition coefficient (Wildman–Crippen LogP) is 4.94. The van der Waals surface area contributed by atoms with Gasteiger partial charge in [0, 0.05) is 23.8 Å². The lowest BCUT2D eigenvalue weighted by molar-refractivity contribution is -0.0460. The van der Waals surface area contributed by atoms with Crippen LogP contribution in [0.15, 0.2) is 18.2 Å². The standard InChI is InChI=1S/C14H15ClF4/c15-11(9-4-6-14(18,19)7-5-9)8-10-12(16)2-1-3-13(10)17/h1-3,9,11H,4-8H2. The topological polar surface area (TPSA) is 0 Å². The molecule has 0 nitrogen and oxygen atoms in total. The number of rotatable bonds is 3. The Bertz CT molecular complexity index is 417. The molecule has 1 atom stereocenters. The minimum Gasteiger partial charge on any atom is -0.207 e. The van der Waals surface area contributed by atoms with Gasteiger partial charge in [-0.2, -0.15) is 0 Å². The number of halogens is 5. The molecule has 106 valence electrons. The molecular weight excluding hydrogens is 280 g/mol. The SMILES string of the molecule is Fc1cccc(F)c1CC(Cl)C1CCC(F)(F)CC1. The first kappa shape index (κ1) is 14.6. The Balaban J connectivity index is 2.00. The van der Waals surface area contributed by atoms with E-state index in [9.17, 15) is 17.6 Å². The van der Waals surface area contributed by atoms with Crippen LogP contribution in [0, 0.1) is 17.6 Å². The van der Waals surface area contributed by atoms with Crippen molar-refractivity contribution < 1.29 is 17.6 Å². The molecule has 0 amide bonds. The Labute approximate surface area is 114 Å². The Morgan fingerprint density at radius 3 is 2.21 bits per heavy atom. The van der Waals surface area contributed by atoms with Crippen LogP contribution in [-0.4, -0.2) is 11.3 Å². The highest BCUT2D eigenvalue weighted by Crippen LogP contribution is 2.39. The molecule has 0 aromatic heterocycles. The Kier molecular flexibility index (Phi) is 4.39. The first-order valence-electron chi connectivity index (χ1n) is 6.34. The zero-order valence-corrected chi connectivity index (χ0v) is 11.1. The second-order valence-corrected chi connectivity index (χ2v) is 5.67. The van der Waals surface area contributed by atoms with Crippen molar-refractivity contribution in [2.45, 2.75) is 43.4 Å². The van der Waals surface area contributed by atoms with Crippen LogP contribution in [0.4, 0.5) is 17.6 Å². The average Bonchev–Trinajstić information content (AvgIpc) is 2.33. The number of alkyl halides is 3. The highest BCUT2D eigenvalue weighted by Gasteiger charge is 2.37. The maximum Gasteiger partial charge on any atom is 0.248 e. The van der Waals surface area contributed by atoms with Gasteiger partial charge in [-0.05, 0) is 37.3 Å². The lowest BCUT2D eigenvalue weighted by Gasteiger charge is -2.31. The van der Waals surface area contributed by atoms with Crippen LogP contribution in [0.25, 0.3) is 0 Å². The van der Waals surface area contributed by atoms with Crippen molar-refractivity contribution in [2.75, 3.05) is 0 Å². The largest absolute Gasteiger partial charge is 0.248 e. The van der Waals surface area contributed by atoms with Gasteiger partial charge in [0.2, 0.25) is 5.92 Å². The third-order valence-corrected chi connectivity index (χ3v) is 4.24. The molecule has 1 saturated carbocycles. The minimum atomic E-state index is -2.61. The molecule has 19 heavy (non-hydrogen) atoms. The Hall–Kier alpha value is -0.770. The van der Waals surface area contributed by atoms with Crippen LogP contribution < -0.4 is 0 Å². The van der Waals surface area contributed by atoms with Gasteiger partial charge in [-0.25, -0.2) is 17.6 Å². The lowest BCUT2D eigenvalue weighted by Crippen LogP contribution is -2.30. The predicted molar refractivity (Wildman–Crippen MR) is 66.6 cm³/mol. The van der Waals surface area contributed by atoms with Crippen LogP contribution in [0.5, 0.6) is 0 Å². The van der Waals surface area contributed by atoms with Gasteiger partial charge in [0.15, 0.2) is 0 Å². The normalized spacial score (nSPS) is 21.3. The molecular formula is C14H15ClF4. The molecule has 2 rings (SSSR count). The van der Waals surface area contributed by atoms with Crippen molar-refractivity contribution in [3.05, 3.63) is 35.4 Å². The summed E-state index contributed by atoms with van der Waals surface area (Å²) in [5.41, 5.74) is -0.0557. The highest BCUT2D eigenvalue weighted by atomic mass is 35.5. The molecule has 1 fully saturated rings. The molecule has 0 aliphatic heterocycles. The molecule has 0 radical (unpaired) electrons. The molecule has 1 unspecified atom stereocenters. The summed E-state index contributed by atoms with van der Waals surface area (Å²) in [6, 6.07) is 3.65. The number of hydrogen-bond acceptors (Lipinski definition) is 0. The quantitative estimate of drug-likeness (QED) is 0.547. The van der Waals surface area contributed by atoms with Crippen LogP contribution >= 0.6 is 11.6 Å². The van der Waals surface area contributed by atoms with E-state index in [0.29, 0.717) is 12.8 Å². The molecule has 5 heteroatoms. The van der Waals surface area contributed by atoms with E-state index in [0.717, 1.165) is 0 Å². The van der Waals surface area contributed by atoms with Crippen molar-refractivity contribution in [3.8, 4) is 0 Å². The number of benzene rings is 1. The maximum absolute atomic E-state index is 13.5. The molecule has 0 heterocycles. The zero-order valence-electron chi connectivity index (χ0n) is 10.3. The smallest absolute Gasteiger partial charge is 0.207 e. The highest BCUT2D eigenvalue weighted by molar-refractivity contribution is 6.20. The third-order valence-electron chi connectivity index (χ3n) is 3.73. The molecule has 1 aromatic carbocycles. The zero-order chi connectivity index (χ0) is 14.0. The number of hydrogen-bond donors (Lipinski definition) is 0. The van der Waals surface area contributed by atoms with Crippen LogP contribution in [-0.2, 0) is 6.42 Å². The fraction of sp³-hybridized carbons (Fsp3) is 0.571. The second-order valence-electron chi connectivity index (χ2n) is 5.11. The van der Waals surface area contributed by atoms with Gasteiger partial charge in [-0.1, -0.05) is 6.07 Å². The van der Waals surface area contributed by atoms with Crippen molar-refractivity contribution in [1.82, 2.24) is 0 Å². The van der Waals surface area contributed by atoms with E-state index in [1.165, 1.54) is 18.2 Å². The van der Waals surface area contributed by atoms with Crippen molar-refractivity contribution in [2.24, 2.45) is 5.92 Å². The lowest BCUT2D eigenvalue weighted by atomic mass is 9.83. The first-order valence-corrected chi connectivity index (χ1v) is 6.77. The average molecular weight is 295 g/mol. The van der Waals surface area contributed by atoms with Crippen molar-refractivity contribution in [1.29, 1.82) is 0 Å². The molecule has 0 spiro atoms. The monoisotopic (exact) mass is 294 g/mol. The van der Waals surface area contributed by atoms with Crippen LogP contribution in [0.1, 0.15) is 31.2 Å². The van der Waals surface area contributed by atoms with Crippen molar-refractivity contribution in [3.63, 3.8) is 0 Å². The first-order chi connectivity index (χ1) is 8.89. The second kappa shape index (κ2) is 5.70. The molecule has 1 aliphatic carbocycles. The van der Waals surface area contributed by atoms with Gasteiger partial charge >= 0.3 is 0 Å².